The monoisotopic (exact) mass is 229 g/mol. The van der Waals surface area contributed by atoms with Gasteiger partial charge in [-0.25, -0.2) is 2.94 Å². The van der Waals surface area contributed by atoms with Gasteiger partial charge in [0.05, 0.1) is 0 Å². The molecule has 0 aromatic rings. The fourth-order valence-electron chi connectivity index (χ4n) is 0.0971. The number of aldehydes is 1. The maximum Gasteiger partial charge on any atom is 0.143 e. The Balaban J connectivity index is 2.92. The van der Waals surface area contributed by atoms with Crippen molar-refractivity contribution in [2.45, 2.75) is 0 Å². The summed E-state index contributed by atoms with van der Waals surface area (Å²) < 4.78 is 2.74. The van der Waals surface area contributed by atoms with Crippen molar-refractivity contribution >= 4 is 41.1 Å². The average Bonchev–Trinajstić information content (AvgIpc) is 1.69. The van der Waals surface area contributed by atoms with Gasteiger partial charge in [-0.05, 0) is 23.4 Å². The van der Waals surface area contributed by atoms with E-state index in [-0.39, 0.29) is 0 Å². The zero-order chi connectivity index (χ0) is 5.54. The van der Waals surface area contributed by atoms with E-state index < -0.39 is 0 Å². The van der Waals surface area contributed by atoms with Gasteiger partial charge in [0.25, 0.3) is 0 Å². The highest BCUT2D eigenvalue weighted by atomic mass is 127. The number of allylic oxidation sites excluding steroid dienone is 1. The Morgan fingerprint density at radius 3 is 2.86 bits per heavy atom. The molecular weight excluding hydrogens is 225 g/mol. The first-order chi connectivity index (χ1) is 3.41. The van der Waals surface area contributed by atoms with E-state index in [0.717, 1.165) is 6.29 Å². The van der Waals surface area contributed by atoms with Crippen molar-refractivity contribution in [2.24, 2.45) is 0 Å². The first kappa shape index (κ1) is 7.45. The average molecular weight is 229 g/mol. The van der Waals surface area contributed by atoms with Crippen LogP contribution in [0.3, 0.4) is 0 Å². The quantitative estimate of drug-likeness (QED) is 0.260. The van der Waals surface area contributed by atoms with E-state index in [2.05, 4.69) is 2.94 Å². The normalized spacial score (nSPS) is 9.86. The summed E-state index contributed by atoms with van der Waals surface area (Å²) in [5.41, 5.74) is 0. The number of halogens is 1. The van der Waals surface area contributed by atoms with Gasteiger partial charge in [-0.2, -0.15) is 0 Å². The highest BCUT2D eigenvalue weighted by Gasteiger charge is 1.66. The Morgan fingerprint density at radius 2 is 2.43 bits per heavy atom. The van der Waals surface area contributed by atoms with Crippen LogP contribution >= 0.6 is 34.8 Å². The second-order valence-corrected chi connectivity index (χ2v) is 2.64. The smallest absolute Gasteiger partial charge is 0.143 e. The molecule has 0 bridgehead atoms. The molecule has 0 fully saturated rings. The van der Waals surface area contributed by atoms with Crippen LogP contribution in [0.1, 0.15) is 0 Å². The number of nitrogens with one attached hydrogen (secondary N) is 1. The van der Waals surface area contributed by atoms with Gasteiger partial charge in [0.1, 0.15) is 6.29 Å². The van der Waals surface area contributed by atoms with Gasteiger partial charge in [0.2, 0.25) is 0 Å². The Hall–Kier alpha value is 0.450. The summed E-state index contributed by atoms with van der Waals surface area (Å²) in [6.45, 7) is 0. The molecule has 0 aromatic heterocycles. The third-order valence-corrected chi connectivity index (χ3v) is 1.41. The van der Waals surface area contributed by atoms with E-state index in [4.69, 9.17) is 0 Å². The number of hydrogen-bond acceptors (Lipinski definition) is 3. The fourth-order valence-corrected chi connectivity index (χ4v) is 0.732. The first-order valence-electron chi connectivity index (χ1n) is 1.53. The molecule has 4 heteroatoms. The van der Waals surface area contributed by atoms with Gasteiger partial charge >= 0.3 is 0 Å². The lowest BCUT2D eigenvalue weighted by Crippen LogP contribution is -1.71. The fraction of sp³-hybridized carbons (Fsp3) is 0. The number of hydrogen-bond donors (Lipinski definition) is 1. The SMILES string of the molecule is O=C/C=C\SNI. The van der Waals surface area contributed by atoms with Crippen LogP contribution in [0.5, 0.6) is 0 Å². The molecule has 0 radical (unpaired) electrons. The van der Waals surface area contributed by atoms with Gasteiger partial charge in [-0.1, -0.05) is 0 Å². The Labute approximate surface area is 60.4 Å². The molecule has 0 saturated carbocycles. The predicted molar refractivity (Wildman–Crippen MR) is 40.0 cm³/mol. The minimum atomic E-state index is 0.737. The molecule has 0 amide bonds. The Kier molecular flexibility index (Phi) is 6.86. The molecule has 0 aliphatic heterocycles. The van der Waals surface area contributed by atoms with Crippen molar-refractivity contribution in [2.75, 3.05) is 0 Å². The van der Waals surface area contributed by atoms with Crippen molar-refractivity contribution in [3.05, 3.63) is 11.5 Å². The molecule has 0 unspecified atom stereocenters. The summed E-state index contributed by atoms with van der Waals surface area (Å²) in [7, 11) is 0. The van der Waals surface area contributed by atoms with Gasteiger partial charge in [-0.15, -0.1) is 0 Å². The van der Waals surface area contributed by atoms with Crippen LogP contribution in [-0.2, 0) is 4.79 Å². The van der Waals surface area contributed by atoms with Crippen LogP contribution in [0, 0.1) is 0 Å². The van der Waals surface area contributed by atoms with Crippen LogP contribution in [0.4, 0.5) is 0 Å². The number of carbonyl (C=O) groups excluding carboxylic acids is 1. The van der Waals surface area contributed by atoms with Crippen molar-refractivity contribution in [1.82, 2.24) is 2.94 Å². The van der Waals surface area contributed by atoms with Crippen molar-refractivity contribution < 1.29 is 4.79 Å². The maximum absolute atomic E-state index is 9.55. The molecule has 0 heterocycles. The standard InChI is InChI=1S/C3H4INOS/c4-5-7-3-1-2-6/h1-3,5H/b3-1-. The minimum absolute atomic E-state index is 0.737. The van der Waals surface area contributed by atoms with E-state index in [1.165, 1.54) is 18.0 Å². The molecule has 7 heavy (non-hydrogen) atoms. The zero-order valence-electron chi connectivity index (χ0n) is 3.43. The van der Waals surface area contributed by atoms with Crippen LogP contribution in [0.15, 0.2) is 11.5 Å². The molecular formula is C3H4INOS. The summed E-state index contributed by atoms with van der Waals surface area (Å²) in [5.74, 6) is 0. The van der Waals surface area contributed by atoms with Crippen LogP contribution in [0.25, 0.3) is 0 Å². The van der Waals surface area contributed by atoms with Crippen molar-refractivity contribution in [1.29, 1.82) is 0 Å². The molecule has 0 saturated heterocycles. The lowest BCUT2D eigenvalue weighted by Gasteiger charge is -1.78. The van der Waals surface area contributed by atoms with Crippen molar-refractivity contribution in [3.8, 4) is 0 Å². The molecule has 0 aliphatic carbocycles. The molecule has 0 rings (SSSR count). The second-order valence-electron chi connectivity index (χ2n) is 0.660. The molecule has 0 aliphatic rings. The van der Waals surface area contributed by atoms with Crippen LogP contribution in [0.2, 0.25) is 0 Å². The summed E-state index contributed by atoms with van der Waals surface area (Å²) in [4.78, 5) is 9.55. The third-order valence-electron chi connectivity index (χ3n) is 0.270. The predicted octanol–water partition coefficient (Wildman–Crippen LogP) is 1.29. The summed E-state index contributed by atoms with van der Waals surface area (Å²) in [6, 6.07) is 0. The molecule has 1 N–H and O–H groups in total. The van der Waals surface area contributed by atoms with Gasteiger partial charge in [0, 0.05) is 22.9 Å². The van der Waals surface area contributed by atoms with E-state index in [1.54, 1.807) is 5.41 Å². The highest BCUT2D eigenvalue weighted by Crippen LogP contribution is 1.95. The lowest BCUT2D eigenvalue weighted by molar-refractivity contribution is -0.104. The minimum Gasteiger partial charge on any atom is -0.299 e. The van der Waals surface area contributed by atoms with Gasteiger partial charge in [-0.3, -0.25) is 4.79 Å². The molecule has 0 spiro atoms. The van der Waals surface area contributed by atoms with E-state index in [1.807, 2.05) is 22.9 Å². The zero-order valence-corrected chi connectivity index (χ0v) is 6.40. The molecule has 2 nitrogen and oxygen atoms in total. The maximum atomic E-state index is 9.55. The van der Waals surface area contributed by atoms with E-state index in [9.17, 15) is 4.79 Å². The summed E-state index contributed by atoms with van der Waals surface area (Å²) >= 11 is 3.33. The Morgan fingerprint density at radius 1 is 1.71 bits per heavy atom. The van der Waals surface area contributed by atoms with Gasteiger partial charge in [0.15, 0.2) is 0 Å². The topological polar surface area (TPSA) is 29.1 Å². The molecule has 0 atom stereocenters. The van der Waals surface area contributed by atoms with Crippen LogP contribution < -0.4 is 2.94 Å². The van der Waals surface area contributed by atoms with Gasteiger partial charge < -0.3 is 0 Å². The number of carbonyl (C=O) groups is 1. The first-order valence-corrected chi connectivity index (χ1v) is 3.49. The third kappa shape index (κ3) is 6.45. The highest BCUT2D eigenvalue weighted by molar-refractivity contribution is 14.1. The van der Waals surface area contributed by atoms with E-state index in [0.29, 0.717) is 0 Å². The van der Waals surface area contributed by atoms with Crippen LogP contribution in [-0.4, -0.2) is 6.29 Å². The largest absolute Gasteiger partial charge is 0.299 e. The van der Waals surface area contributed by atoms with E-state index >= 15 is 0 Å². The van der Waals surface area contributed by atoms with Crippen molar-refractivity contribution in [3.63, 3.8) is 0 Å². The molecule has 0 aromatic carbocycles. The second kappa shape index (κ2) is 6.45. The number of rotatable bonds is 3. The summed E-state index contributed by atoms with van der Waals surface area (Å²) in [5, 5.41) is 1.67. The molecule has 40 valence electrons. The lowest BCUT2D eigenvalue weighted by atomic mass is 10.7. The Bertz CT molecular complexity index is 75.3. The summed E-state index contributed by atoms with van der Waals surface area (Å²) in [6.07, 6.45) is 2.16.